The van der Waals surface area contributed by atoms with Gasteiger partial charge in [-0.2, -0.15) is 0 Å². The van der Waals surface area contributed by atoms with Crippen LogP contribution in [0.4, 0.5) is 0 Å². The van der Waals surface area contributed by atoms with E-state index < -0.39 is 0 Å². The van der Waals surface area contributed by atoms with Gasteiger partial charge in [-0.25, -0.2) is 0 Å². The van der Waals surface area contributed by atoms with Crippen molar-refractivity contribution in [2.45, 2.75) is 39.5 Å². The van der Waals surface area contributed by atoms with Gasteiger partial charge in [-0.3, -0.25) is 0 Å². The van der Waals surface area contributed by atoms with Gasteiger partial charge >= 0.3 is 0 Å². The summed E-state index contributed by atoms with van der Waals surface area (Å²) in [6.07, 6.45) is 1.07. The van der Waals surface area contributed by atoms with Gasteiger partial charge in [0.15, 0.2) is 0 Å². The fourth-order valence-corrected chi connectivity index (χ4v) is 2.05. The van der Waals surface area contributed by atoms with Gasteiger partial charge in [0.05, 0.1) is 6.61 Å². The monoisotopic (exact) mass is 190 g/mol. The molecule has 1 aromatic rings. The third kappa shape index (κ3) is 1.41. The average molecular weight is 190 g/mol. The molecule has 1 heterocycles. The molecule has 0 N–H and O–H groups in total. The van der Waals surface area contributed by atoms with Gasteiger partial charge in [0.2, 0.25) is 0 Å². The number of hydrogen-bond acceptors (Lipinski definition) is 1. The van der Waals surface area contributed by atoms with E-state index in [4.69, 9.17) is 4.74 Å². The lowest BCUT2D eigenvalue weighted by Gasteiger charge is -2.22. The molecule has 0 aliphatic carbocycles. The number of rotatable bonds is 0. The maximum Gasteiger partial charge on any atom is 0.126 e. The first-order chi connectivity index (χ1) is 6.50. The van der Waals surface area contributed by atoms with Crippen molar-refractivity contribution < 1.29 is 4.74 Å². The lowest BCUT2D eigenvalue weighted by atomic mass is 9.84. The standard InChI is InChI=1S/C13H18O/c1-9-5-6-11(13(2,3)4)12-10(9)7-8-14-12/h5-6H,7-8H2,1-4H3. The summed E-state index contributed by atoms with van der Waals surface area (Å²) in [5.41, 5.74) is 4.31. The minimum atomic E-state index is 0.183. The summed E-state index contributed by atoms with van der Waals surface area (Å²) < 4.78 is 5.74. The molecule has 0 atom stereocenters. The first-order valence-electron chi connectivity index (χ1n) is 5.26. The second-order valence-corrected chi connectivity index (χ2v) is 5.09. The predicted octanol–water partition coefficient (Wildman–Crippen LogP) is 3.23. The highest BCUT2D eigenvalue weighted by Crippen LogP contribution is 2.38. The van der Waals surface area contributed by atoms with E-state index in [1.165, 1.54) is 16.7 Å². The van der Waals surface area contributed by atoms with Crippen LogP contribution in [0, 0.1) is 6.92 Å². The molecule has 0 aromatic heterocycles. The molecule has 1 heteroatoms. The first kappa shape index (κ1) is 9.57. The smallest absolute Gasteiger partial charge is 0.126 e. The Kier molecular flexibility index (Phi) is 2.06. The molecule has 1 aromatic carbocycles. The van der Waals surface area contributed by atoms with E-state index in [1.54, 1.807) is 0 Å². The van der Waals surface area contributed by atoms with Crippen molar-refractivity contribution in [2.24, 2.45) is 0 Å². The van der Waals surface area contributed by atoms with Crippen LogP contribution in [0.15, 0.2) is 12.1 Å². The van der Waals surface area contributed by atoms with Crippen LogP contribution in [0.2, 0.25) is 0 Å². The number of ether oxygens (including phenoxy) is 1. The topological polar surface area (TPSA) is 9.23 Å². The fraction of sp³-hybridized carbons (Fsp3) is 0.538. The molecule has 1 aliphatic rings. The molecule has 0 radical (unpaired) electrons. The lowest BCUT2D eigenvalue weighted by Crippen LogP contribution is -2.12. The maximum absolute atomic E-state index is 5.74. The summed E-state index contributed by atoms with van der Waals surface area (Å²) in [5.74, 6) is 1.15. The summed E-state index contributed by atoms with van der Waals surface area (Å²) in [6.45, 7) is 9.72. The third-order valence-corrected chi connectivity index (χ3v) is 2.90. The molecule has 0 saturated heterocycles. The van der Waals surface area contributed by atoms with Crippen molar-refractivity contribution in [1.82, 2.24) is 0 Å². The van der Waals surface area contributed by atoms with Crippen LogP contribution in [-0.2, 0) is 11.8 Å². The summed E-state index contributed by atoms with van der Waals surface area (Å²) >= 11 is 0. The van der Waals surface area contributed by atoms with E-state index in [1.807, 2.05) is 0 Å². The maximum atomic E-state index is 5.74. The van der Waals surface area contributed by atoms with E-state index in [2.05, 4.69) is 39.8 Å². The molecule has 2 rings (SSSR count). The summed E-state index contributed by atoms with van der Waals surface area (Å²) in [7, 11) is 0. The van der Waals surface area contributed by atoms with E-state index in [0.717, 1.165) is 18.8 Å². The molecule has 1 aliphatic heterocycles. The molecule has 0 saturated carbocycles. The lowest BCUT2D eigenvalue weighted by molar-refractivity contribution is 0.347. The van der Waals surface area contributed by atoms with Gasteiger partial charge < -0.3 is 4.74 Å². The van der Waals surface area contributed by atoms with Gasteiger partial charge in [-0.05, 0) is 23.5 Å². The van der Waals surface area contributed by atoms with Gasteiger partial charge in [-0.15, -0.1) is 0 Å². The van der Waals surface area contributed by atoms with Gasteiger partial charge in [-0.1, -0.05) is 32.9 Å². The molecular formula is C13H18O. The van der Waals surface area contributed by atoms with Crippen LogP contribution in [0.1, 0.15) is 37.5 Å². The molecule has 0 spiro atoms. The molecule has 76 valence electrons. The molecule has 0 fully saturated rings. The molecular weight excluding hydrogens is 172 g/mol. The Bertz CT molecular complexity index is 358. The second kappa shape index (κ2) is 3.01. The van der Waals surface area contributed by atoms with Crippen molar-refractivity contribution in [3.05, 3.63) is 28.8 Å². The minimum Gasteiger partial charge on any atom is -0.493 e. The number of benzene rings is 1. The number of hydrogen-bond donors (Lipinski definition) is 0. The highest BCUT2D eigenvalue weighted by Gasteiger charge is 2.25. The van der Waals surface area contributed by atoms with Crippen LogP contribution in [0.5, 0.6) is 5.75 Å². The fourth-order valence-electron chi connectivity index (χ4n) is 2.05. The Morgan fingerprint density at radius 2 is 1.93 bits per heavy atom. The van der Waals surface area contributed by atoms with E-state index in [-0.39, 0.29) is 5.41 Å². The van der Waals surface area contributed by atoms with E-state index in [0.29, 0.717) is 0 Å². The number of fused-ring (bicyclic) bond motifs is 1. The highest BCUT2D eigenvalue weighted by molar-refractivity contribution is 5.50. The first-order valence-corrected chi connectivity index (χ1v) is 5.26. The van der Waals surface area contributed by atoms with Crippen LogP contribution in [0.3, 0.4) is 0 Å². The van der Waals surface area contributed by atoms with E-state index >= 15 is 0 Å². The Labute approximate surface area is 86.1 Å². The normalized spacial score (nSPS) is 15.1. The van der Waals surface area contributed by atoms with Gasteiger partial charge in [0.1, 0.15) is 5.75 Å². The Morgan fingerprint density at radius 3 is 2.57 bits per heavy atom. The summed E-state index contributed by atoms with van der Waals surface area (Å²) in [4.78, 5) is 0. The van der Waals surface area contributed by atoms with Crippen LogP contribution in [0.25, 0.3) is 0 Å². The third-order valence-electron chi connectivity index (χ3n) is 2.90. The largest absolute Gasteiger partial charge is 0.493 e. The van der Waals surface area contributed by atoms with Gasteiger partial charge in [0, 0.05) is 12.0 Å². The van der Waals surface area contributed by atoms with Crippen molar-refractivity contribution in [2.75, 3.05) is 6.61 Å². The quantitative estimate of drug-likeness (QED) is 0.610. The van der Waals surface area contributed by atoms with Gasteiger partial charge in [0.25, 0.3) is 0 Å². The van der Waals surface area contributed by atoms with Crippen LogP contribution in [-0.4, -0.2) is 6.61 Å². The average Bonchev–Trinajstić information content (AvgIpc) is 2.50. The summed E-state index contributed by atoms with van der Waals surface area (Å²) in [5, 5.41) is 0. The zero-order chi connectivity index (χ0) is 10.3. The Morgan fingerprint density at radius 1 is 1.21 bits per heavy atom. The molecule has 14 heavy (non-hydrogen) atoms. The van der Waals surface area contributed by atoms with Crippen LogP contribution >= 0.6 is 0 Å². The van der Waals surface area contributed by atoms with Crippen molar-refractivity contribution in [3.8, 4) is 5.75 Å². The van der Waals surface area contributed by atoms with E-state index in [9.17, 15) is 0 Å². The number of aryl methyl sites for hydroxylation is 1. The summed E-state index contributed by atoms with van der Waals surface area (Å²) in [6, 6.07) is 4.42. The zero-order valence-corrected chi connectivity index (χ0v) is 9.48. The minimum absolute atomic E-state index is 0.183. The highest BCUT2D eigenvalue weighted by atomic mass is 16.5. The van der Waals surface area contributed by atoms with Crippen molar-refractivity contribution in [3.63, 3.8) is 0 Å². The molecule has 0 amide bonds. The van der Waals surface area contributed by atoms with Crippen molar-refractivity contribution >= 4 is 0 Å². The van der Waals surface area contributed by atoms with Crippen molar-refractivity contribution in [1.29, 1.82) is 0 Å². The van der Waals surface area contributed by atoms with Crippen LogP contribution < -0.4 is 4.74 Å². The zero-order valence-electron chi connectivity index (χ0n) is 9.48. The molecule has 0 bridgehead atoms. The SMILES string of the molecule is Cc1ccc(C(C)(C)C)c2c1CCO2. The predicted molar refractivity (Wildman–Crippen MR) is 59.1 cm³/mol. The molecule has 1 nitrogen and oxygen atoms in total. The second-order valence-electron chi connectivity index (χ2n) is 5.09. The Hall–Kier alpha value is -0.980. The molecule has 0 unspecified atom stereocenters. The Balaban J connectivity index is 2.60.